The Morgan fingerprint density at radius 1 is 1.32 bits per heavy atom. The van der Waals surface area contributed by atoms with Gasteiger partial charge in [0.2, 0.25) is 0 Å². The van der Waals surface area contributed by atoms with Crippen LogP contribution in [0.15, 0.2) is 24.3 Å². The summed E-state index contributed by atoms with van der Waals surface area (Å²) in [7, 11) is 0. The first-order chi connectivity index (χ1) is 8.86. The van der Waals surface area contributed by atoms with Crippen molar-refractivity contribution >= 4 is 0 Å². The van der Waals surface area contributed by atoms with E-state index in [9.17, 15) is 13.2 Å². The number of hydrogen-bond acceptors (Lipinski definition) is 3. The molecular formula is C13H18F3NO2. The Kier molecular flexibility index (Phi) is 5.62. The van der Waals surface area contributed by atoms with E-state index in [4.69, 9.17) is 9.84 Å². The van der Waals surface area contributed by atoms with Gasteiger partial charge in [-0.25, -0.2) is 0 Å². The molecule has 0 aliphatic rings. The topological polar surface area (TPSA) is 41.5 Å². The molecule has 0 spiro atoms. The second-order valence-electron chi connectivity index (χ2n) is 4.16. The van der Waals surface area contributed by atoms with Crippen LogP contribution in [0.5, 0.6) is 5.75 Å². The van der Waals surface area contributed by atoms with Crippen molar-refractivity contribution in [3.63, 3.8) is 0 Å². The van der Waals surface area contributed by atoms with Gasteiger partial charge in [-0.05, 0) is 19.9 Å². The largest absolute Gasteiger partial charge is 0.494 e. The highest BCUT2D eigenvalue weighted by molar-refractivity contribution is 5.35. The van der Waals surface area contributed by atoms with E-state index in [0.717, 1.165) is 5.56 Å². The first-order valence-electron chi connectivity index (χ1n) is 6.06. The van der Waals surface area contributed by atoms with Crippen LogP contribution >= 0.6 is 0 Å². The molecule has 2 atom stereocenters. The Bertz CT molecular complexity index is 396. The van der Waals surface area contributed by atoms with Gasteiger partial charge in [0.05, 0.1) is 6.61 Å². The molecule has 0 aliphatic heterocycles. The highest BCUT2D eigenvalue weighted by Gasteiger charge is 2.38. The predicted octanol–water partition coefficient (Wildman–Crippen LogP) is 2.66. The zero-order valence-electron chi connectivity index (χ0n) is 10.9. The highest BCUT2D eigenvalue weighted by Crippen LogP contribution is 2.25. The maximum absolute atomic E-state index is 12.2. The van der Waals surface area contributed by atoms with E-state index in [1.807, 2.05) is 6.92 Å². The number of benzene rings is 1. The number of rotatable bonds is 6. The molecule has 2 unspecified atom stereocenters. The summed E-state index contributed by atoms with van der Waals surface area (Å²) in [6.07, 6.45) is -6.97. The summed E-state index contributed by atoms with van der Waals surface area (Å²) in [6, 6.07) is 6.78. The van der Waals surface area contributed by atoms with E-state index >= 15 is 0 Å². The second kappa shape index (κ2) is 6.77. The van der Waals surface area contributed by atoms with Crippen molar-refractivity contribution < 1.29 is 23.0 Å². The zero-order chi connectivity index (χ0) is 14.5. The molecular weight excluding hydrogens is 259 g/mol. The minimum Gasteiger partial charge on any atom is -0.494 e. The molecule has 108 valence electrons. The fraction of sp³-hybridized carbons (Fsp3) is 0.538. The van der Waals surface area contributed by atoms with Crippen LogP contribution in [0.3, 0.4) is 0 Å². The zero-order valence-corrected chi connectivity index (χ0v) is 10.9. The van der Waals surface area contributed by atoms with Crippen molar-refractivity contribution in [2.75, 3.05) is 13.2 Å². The molecule has 0 aromatic heterocycles. The fourth-order valence-corrected chi connectivity index (χ4v) is 1.64. The normalized spacial score (nSPS) is 15.1. The maximum atomic E-state index is 12.2. The van der Waals surface area contributed by atoms with Crippen LogP contribution in [0.4, 0.5) is 13.2 Å². The van der Waals surface area contributed by atoms with E-state index in [-0.39, 0.29) is 6.04 Å². The Morgan fingerprint density at radius 2 is 1.95 bits per heavy atom. The van der Waals surface area contributed by atoms with Gasteiger partial charge < -0.3 is 15.2 Å². The number of halogens is 3. The summed E-state index contributed by atoms with van der Waals surface area (Å²) in [5.41, 5.74) is 0.763. The highest BCUT2D eigenvalue weighted by atomic mass is 19.4. The lowest BCUT2D eigenvalue weighted by atomic mass is 10.1. The molecule has 0 amide bonds. The van der Waals surface area contributed by atoms with Gasteiger partial charge in [0.15, 0.2) is 6.10 Å². The first kappa shape index (κ1) is 15.8. The van der Waals surface area contributed by atoms with E-state index < -0.39 is 18.8 Å². The minimum atomic E-state index is -4.61. The smallest absolute Gasteiger partial charge is 0.415 e. The van der Waals surface area contributed by atoms with Crippen molar-refractivity contribution in [1.82, 2.24) is 5.32 Å². The van der Waals surface area contributed by atoms with E-state index in [0.29, 0.717) is 12.4 Å². The molecule has 6 heteroatoms. The van der Waals surface area contributed by atoms with Crippen LogP contribution in [0, 0.1) is 0 Å². The van der Waals surface area contributed by atoms with Gasteiger partial charge in [0.1, 0.15) is 5.75 Å². The SMILES string of the molecule is CCOc1ccccc1C(C)NCC(O)C(F)(F)F. The molecule has 3 nitrogen and oxygen atoms in total. The van der Waals surface area contributed by atoms with Crippen molar-refractivity contribution in [3.05, 3.63) is 29.8 Å². The molecule has 1 aromatic carbocycles. The Labute approximate surface area is 110 Å². The lowest BCUT2D eigenvalue weighted by Gasteiger charge is -2.21. The van der Waals surface area contributed by atoms with Gasteiger partial charge in [-0.1, -0.05) is 18.2 Å². The molecule has 0 bridgehead atoms. The lowest BCUT2D eigenvalue weighted by Crippen LogP contribution is -2.39. The van der Waals surface area contributed by atoms with Gasteiger partial charge in [-0.2, -0.15) is 13.2 Å². The second-order valence-corrected chi connectivity index (χ2v) is 4.16. The number of aliphatic hydroxyl groups excluding tert-OH is 1. The maximum Gasteiger partial charge on any atom is 0.415 e. The summed E-state index contributed by atoms with van der Waals surface area (Å²) in [4.78, 5) is 0. The van der Waals surface area contributed by atoms with Crippen molar-refractivity contribution in [2.24, 2.45) is 0 Å². The monoisotopic (exact) mass is 277 g/mol. The molecule has 0 saturated carbocycles. The molecule has 0 radical (unpaired) electrons. The van der Waals surface area contributed by atoms with Gasteiger partial charge >= 0.3 is 6.18 Å². The van der Waals surface area contributed by atoms with Crippen molar-refractivity contribution in [3.8, 4) is 5.75 Å². The number of nitrogens with one attached hydrogen (secondary N) is 1. The predicted molar refractivity (Wildman–Crippen MR) is 66.1 cm³/mol. The molecule has 2 N–H and O–H groups in total. The minimum absolute atomic E-state index is 0.347. The fourth-order valence-electron chi connectivity index (χ4n) is 1.64. The third kappa shape index (κ3) is 4.72. The van der Waals surface area contributed by atoms with Crippen molar-refractivity contribution in [2.45, 2.75) is 32.2 Å². The van der Waals surface area contributed by atoms with Crippen LogP contribution in [-0.2, 0) is 0 Å². The van der Waals surface area contributed by atoms with E-state index in [1.54, 1.807) is 31.2 Å². The molecule has 19 heavy (non-hydrogen) atoms. The molecule has 1 rings (SSSR count). The Hall–Kier alpha value is -1.27. The summed E-state index contributed by atoms with van der Waals surface area (Å²) in [5.74, 6) is 0.631. The number of aliphatic hydroxyl groups is 1. The molecule has 0 heterocycles. The quantitative estimate of drug-likeness (QED) is 0.840. The average molecular weight is 277 g/mol. The van der Waals surface area contributed by atoms with Crippen LogP contribution in [0.2, 0.25) is 0 Å². The Balaban J connectivity index is 2.65. The van der Waals surface area contributed by atoms with Crippen molar-refractivity contribution in [1.29, 1.82) is 0 Å². The van der Waals surface area contributed by atoms with Crippen LogP contribution in [-0.4, -0.2) is 30.5 Å². The molecule has 0 aliphatic carbocycles. The first-order valence-corrected chi connectivity index (χ1v) is 6.06. The van der Waals surface area contributed by atoms with E-state index in [2.05, 4.69) is 5.32 Å². The standard InChI is InChI=1S/C13H18F3NO2/c1-3-19-11-7-5-4-6-10(11)9(2)17-8-12(18)13(14,15)16/h4-7,9,12,17-18H,3,8H2,1-2H3. The molecule has 1 aromatic rings. The lowest BCUT2D eigenvalue weighted by molar-refractivity contribution is -0.202. The van der Waals surface area contributed by atoms with Gasteiger partial charge in [0.25, 0.3) is 0 Å². The van der Waals surface area contributed by atoms with Gasteiger partial charge in [0, 0.05) is 18.2 Å². The summed E-state index contributed by atoms with van der Waals surface area (Å²) in [5, 5.41) is 11.6. The van der Waals surface area contributed by atoms with Crippen LogP contribution in [0.1, 0.15) is 25.5 Å². The Morgan fingerprint density at radius 3 is 2.53 bits per heavy atom. The molecule has 0 fully saturated rings. The third-order valence-corrected chi connectivity index (χ3v) is 2.68. The van der Waals surface area contributed by atoms with Gasteiger partial charge in [-0.3, -0.25) is 0 Å². The summed E-state index contributed by atoms with van der Waals surface area (Å²) < 4.78 is 42.0. The number of ether oxygens (including phenoxy) is 1. The number of alkyl halides is 3. The number of para-hydroxylation sites is 1. The summed E-state index contributed by atoms with van der Waals surface area (Å²) in [6.45, 7) is 3.49. The summed E-state index contributed by atoms with van der Waals surface area (Å²) >= 11 is 0. The van der Waals surface area contributed by atoms with Crippen LogP contribution in [0.25, 0.3) is 0 Å². The third-order valence-electron chi connectivity index (χ3n) is 2.68. The van der Waals surface area contributed by atoms with Crippen LogP contribution < -0.4 is 10.1 Å². The van der Waals surface area contributed by atoms with E-state index in [1.165, 1.54) is 0 Å². The van der Waals surface area contributed by atoms with Gasteiger partial charge in [-0.15, -0.1) is 0 Å². The average Bonchev–Trinajstić information content (AvgIpc) is 2.35. The number of hydrogen-bond donors (Lipinski definition) is 2. The molecule has 0 saturated heterocycles.